The van der Waals surface area contributed by atoms with Gasteiger partial charge < -0.3 is 28.2 Å². The Morgan fingerprint density at radius 1 is 1.23 bits per heavy atom. The lowest BCUT2D eigenvalue weighted by Gasteiger charge is -2.28. The molecule has 2 heterocycles. The van der Waals surface area contributed by atoms with Crippen molar-refractivity contribution < 1.29 is 32.7 Å². The van der Waals surface area contributed by atoms with Crippen molar-refractivity contribution in [1.82, 2.24) is 9.55 Å². The molecule has 0 bridgehead atoms. The summed E-state index contributed by atoms with van der Waals surface area (Å²) in [7, 11) is -4.57. The van der Waals surface area contributed by atoms with Gasteiger partial charge in [0.15, 0.2) is 0 Å². The number of unbranched alkanes of at least 4 members (excludes halogenated alkanes) is 2. The lowest BCUT2D eigenvalue weighted by Crippen LogP contribution is -2.33. The number of ether oxygens (including phenoxy) is 3. The van der Waals surface area contributed by atoms with Gasteiger partial charge in [0.2, 0.25) is 0 Å². The maximum Gasteiger partial charge on any atom is 0.330 e. The zero-order chi connectivity index (χ0) is 22.9. The van der Waals surface area contributed by atoms with Crippen LogP contribution in [0.3, 0.4) is 0 Å². The molecule has 0 aliphatic carbocycles. The number of phosphoric acid groups is 1. The predicted molar refractivity (Wildman–Crippen MR) is 110 cm³/mol. The Bertz CT molecular complexity index is 840. The van der Waals surface area contributed by atoms with E-state index in [4.69, 9.17) is 23.3 Å². The first-order valence-corrected chi connectivity index (χ1v) is 12.0. The molecule has 1 N–H and O–H groups in total. The van der Waals surface area contributed by atoms with Crippen LogP contribution in [0.1, 0.15) is 57.7 Å². The van der Waals surface area contributed by atoms with Gasteiger partial charge in [-0.1, -0.05) is 26.7 Å². The van der Waals surface area contributed by atoms with Crippen LogP contribution in [0.25, 0.3) is 0 Å². The molecule has 12 heteroatoms. The van der Waals surface area contributed by atoms with Crippen molar-refractivity contribution in [3.8, 4) is 0 Å². The van der Waals surface area contributed by atoms with Crippen LogP contribution in [0.4, 0.5) is 0 Å². The molecule has 4 atom stereocenters. The first-order chi connectivity index (χ1) is 14.8. The Hall–Kier alpha value is -1.33. The smallest absolute Gasteiger partial charge is 0.330 e. The van der Waals surface area contributed by atoms with Gasteiger partial charge in [0.25, 0.3) is 13.4 Å². The Kier molecular flexibility index (Phi) is 10.6. The Labute approximate surface area is 181 Å². The minimum Gasteiger partial charge on any atom is -0.756 e. The van der Waals surface area contributed by atoms with Crippen molar-refractivity contribution in [2.45, 2.75) is 71.3 Å². The van der Waals surface area contributed by atoms with Gasteiger partial charge in [-0.2, -0.15) is 0 Å². The van der Waals surface area contributed by atoms with Gasteiger partial charge in [0.05, 0.1) is 19.3 Å². The van der Waals surface area contributed by atoms with Gasteiger partial charge in [0.1, 0.15) is 19.1 Å². The van der Waals surface area contributed by atoms with Gasteiger partial charge in [-0.15, -0.1) is 0 Å². The first kappa shape index (κ1) is 25.9. The summed E-state index contributed by atoms with van der Waals surface area (Å²) in [6.45, 7) is 6.12. The molecule has 0 aromatic carbocycles. The number of H-pyrrole nitrogens is 1. The molecule has 0 spiro atoms. The molecule has 1 unspecified atom stereocenters. The van der Waals surface area contributed by atoms with Crippen LogP contribution >= 0.6 is 7.82 Å². The van der Waals surface area contributed by atoms with Gasteiger partial charge in [-0.05, 0) is 19.8 Å². The van der Waals surface area contributed by atoms with Crippen LogP contribution in [0.2, 0.25) is 0 Å². The topological polar surface area (TPSA) is 141 Å². The van der Waals surface area contributed by atoms with Gasteiger partial charge in [0, 0.05) is 24.8 Å². The molecule has 178 valence electrons. The zero-order valence-corrected chi connectivity index (χ0v) is 19.1. The SMILES string of the molecule is CCCCOCOC[C@H]1O[C@@H](n2cc(C)c(=O)[nH]c2=O)C[C@@H]1OP(=O)([O-])OCCCC. The predicted octanol–water partition coefficient (Wildman–Crippen LogP) is 1.59. The van der Waals surface area contributed by atoms with Crippen molar-refractivity contribution in [2.24, 2.45) is 0 Å². The van der Waals surface area contributed by atoms with E-state index in [1.807, 2.05) is 13.8 Å². The van der Waals surface area contributed by atoms with Crippen LogP contribution in [0.5, 0.6) is 0 Å². The van der Waals surface area contributed by atoms with Crippen LogP contribution in [0, 0.1) is 6.92 Å². The molecule has 11 nitrogen and oxygen atoms in total. The summed E-state index contributed by atoms with van der Waals surface area (Å²) in [5, 5.41) is 0. The first-order valence-electron chi connectivity index (χ1n) is 10.5. The van der Waals surface area contributed by atoms with Crippen LogP contribution in [-0.2, 0) is 27.8 Å². The van der Waals surface area contributed by atoms with Crippen LogP contribution in [0.15, 0.2) is 15.8 Å². The van der Waals surface area contributed by atoms with Crippen LogP contribution < -0.4 is 16.1 Å². The summed E-state index contributed by atoms with van der Waals surface area (Å²) >= 11 is 0. The molecule has 2 rings (SSSR count). The molecule has 1 aliphatic rings. The number of nitrogens with one attached hydrogen (secondary N) is 1. The number of rotatable bonds is 14. The molecule has 0 amide bonds. The van der Waals surface area contributed by atoms with E-state index in [0.717, 1.165) is 19.3 Å². The molecule has 1 aromatic heterocycles. The van der Waals surface area contributed by atoms with E-state index in [-0.39, 0.29) is 26.4 Å². The average molecular weight is 463 g/mol. The standard InChI is InChI=1S/C19H33N2O9P/c1-4-6-8-26-13-27-12-16-15(30-31(24,25)28-9-7-5-2)10-17(29-16)21-11-14(3)18(22)20-19(21)23/h11,15-17H,4-10,12-13H2,1-3H3,(H,24,25)(H,20,22,23)/p-1/t15-,16+,17+/m0/s1. The van der Waals surface area contributed by atoms with Crippen molar-refractivity contribution >= 4 is 7.82 Å². The fourth-order valence-corrected chi connectivity index (χ4v) is 3.94. The highest BCUT2D eigenvalue weighted by atomic mass is 31.2. The highest BCUT2D eigenvalue weighted by Gasteiger charge is 2.40. The van der Waals surface area contributed by atoms with Gasteiger partial charge in [-0.3, -0.25) is 18.9 Å². The number of aromatic nitrogens is 2. The molecule has 0 radical (unpaired) electrons. The van der Waals surface area contributed by atoms with E-state index >= 15 is 0 Å². The molecule has 0 saturated carbocycles. The third kappa shape index (κ3) is 8.27. The number of hydrogen-bond donors (Lipinski definition) is 1. The zero-order valence-electron chi connectivity index (χ0n) is 18.2. The van der Waals surface area contributed by atoms with E-state index in [0.29, 0.717) is 18.6 Å². The molecule has 1 aliphatic heterocycles. The van der Waals surface area contributed by atoms with Crippen molar-refractivity contribution in [3.63, 3.8) is 0 Å². The number of aryl methyl sites for hydroxylation is 1. The fraction of sp³-hybridized carbons (Fsp3) is 0.789. The molecule has 1 fully saturated rings. The monoisotopic (exact) mass is 463 g/mol. The summed E-state index contributed by atoms with van der Waals surface area (Å²) in [4.78, 5) is 38.3. The van der Waals surface area contributed by atoms with E-state index < -0.39 is 37.5 Å². The second-order valence-corrected chi connectivity index (χ2v) is 8.74. The molecular formula is C19H32N2O9P-. The van der Waals surface area contributed by atoms with E-state index in [2.05, 4.69) is 4.98 Å². The van der Waals surface area contributed by atoms with E-state index in [9.17, 15) is 19.0 Å². The fourth-order valence-electron chi connectivity index (χ4n) is 2.98. The highest BCUT2D eigenvalue weighted by molar-refractivity contribution is 7.45. The van der Waals surface area contributed by atoms with Crippen LogP contribution in [-0.4, -0.2) is 48.4 Å². The van der Waals surface area contributed by atoms with E-state index in [1.165, 1.54) is 10.8 Å². The Balaban J connectivity index is 2.07. The minimum absolute atomic E-state index is 0.000657. The highest BCUT2D eigenvalue weighted by Crippen LogP contribution is 2.44. The number of hydrogen-bond acceptors (Lipinski definition) is 9. The number of nitrogens with zero attached hydrogens (tertiary/aromatic N) is 1. The van der Waals surface area contributed by atoms with Gasteiger partial charge >= 0.3 is 5.69 Å². The summed E-state index contributed by atoms with van der Waals surface area (Å²) in [6, 6.07) is 0. The number of phosphoric ester groups is 1. The normalized spacial score (nSPS) is 23.2. The van der Waals surface area contributed by atoms with Crippen molar-refractivity contribution in [1.29, 1.82) is 0 Å². The summed E-state index contributed by atoms with van der Waals surface area (Å²) in [5.41, 5.74) is -0.833. The molecule has 1 aromatic rings. The number of aromatic amines is 1. The van der Waals surface area contributed by atoms with Crippen molar-refractivity contribution in [3.05, 3.63) is 32.6 Å². The molecule has 1 saturated heterocycles. The second-order valence-electron chi connectivity index (χ2n) is 7.37. The molecular weight excluding hydrogens is 431 g/mol. The third-order valence-corrected chi connectivity index (χ3v) is 5.77. The Morgan fingerprint density at radius 3 is 2.65 bits per heavy atom. The summed E-state index contributed by atoms with van der Waals surface area (Å²) in [6.07, 6.45) is 2.13. The average Bonchev–Trinajstić information content (AvgIpc) is 3.09. The maximum atomic E-state index is 12.2. The van der Waals surface area contributed by atoms with E-state index in [1.54, 1.807) is 6.92 Å². The maximum absolute atomic E-state index is 12.2. The second kappa shape index (κ2) is 12.6. The Morgan fingerprint density at radius 2 is 1.94 bits per heavy atom. The largest absolute Gasteiger partial charge is 0.756 e. The third-order valence-electron chi connectivity index (χ3n) is 4.74. The summed E-state index contributed by atoms with van der Waals surface area (Å²) in [5.74, 6) is 0. The lowest BCUT2D eigenvalue weighted by molar-refractivity contribution is -0.232. The van der Waals surface area contributed by atoms with Crippen molar-refractivity contribution in [2.75, 3.05) is 26.6 Å². The molecule has 31 heavy (non-hydrogen) atoms. The lowest BCUT2D eigenvalue weighted by atomic mass is 10.2. The van der Waals surface area contributed by atoms with Gasteiger partial charge in [-0.25, -0.2) is 4.79 Å². The summed E-state index contributed by atoms with van der Waals surface area (Å²) < 4.78 is 40.2. The minimum atomic E-state index is -4.57. The quantitative estimate of drug-likeness (QED) is 0.247.